The predicted octanol–water partition coefficient (Wildman–Crippen LogP) is 1.27. The van der Waals surface area contributed by atoms with Gasteiger partial charge in [-0.15, -0.1) is 5.10 Å². The zero-order valence-electron chi connectivity index (χ0n) is 7.86. The molecule has 0 atom stereocenters. The highest BCUT2D eigenvalue weighted by Gasteiger charge is 2.09. The maximum Gasteiger partial charge on any atom is 0.116 e. The Morgan fingerprint density at radius 2 is 2.14 bits per heavy atom. The fraction of sp³-hybridized carbons (Fsp3) is 0.200. The maximum absolute atomic E-state index is 9.04. The van der Waals surface area contributed by atoms with E-state index in [4.69, 9.17) is 5.11 Å². The van der Waals surface area contributed by atoms with Gasteiger partial charge >= 0.3 is 0 Å². The van der Waals surface area contributed by atoms with Crippen molar-refractivity contribution in [2.75, 3.05) is 0 Å². The molecule has 72 valence electrons. The monoisotopic (exact) mass is 189 g/mol. The summed E-state index contributed by atoms with van der Waals surface area (Å²) in [4.78, 5) is 0. The van der Waals surface area contributed by atoms with Crippen molar-refractivity contribution in [1.82, 2.24) is 15.4 Å². The number of nitrogens with zero attached hydrogens (tertiary/aromatic N) is 2. The van der Waals surface area contributed by atoms with Crippen molar-refractivity contribution in [3.63, 3.8) is 0 Å². The summed E-state index contributed by atoms with van der Waals surface area (Å²) in [6.45, 7) is 1.91. The minimum atomic E-state index is -0.0971. The third kappa shape index (κ3) is 1.40. The zero-order chi connectivity index (χ0) is 9.97. The first-order valence-corrected chi connectivity index (χ1v) is 4.39. The molecule has 0 saturated heterocycles. The van der Waals surface area contributed by atoms with Crippen molar-refractivity contribution in [2.24, 2.45) is 0 Å². The van der Waals surface area contributed by atoms with Gasteiger partial charge in [-0.25, -0.2) is 0 Å². The van der Waals surface area contributed by atoms with Gasteiger partial charge in [0.1, 0.15) is 5.69 Å². The molecule has 4 heteroatoms. The molecule has 1 heterocycles. The van der Waals surface area contributed by atoms with Crippen LogP contribution in [0.1, 0.15) is 11.3 Å². The van der Waals surface area contributed by atoms with E-state index in [0.29, 0.717) is 5.69 Å². The van der Waals surface area contributed by atoms with Crippen LogP contribution in [0.5, 0.6) is 0 Å². The molecular weight excluding hydrogens is 178 g/mol. The first-order valence-electron chi connectivity index (χ1n) is 4.39. The Morgan fingerprint density at radius 1 is 1.36 bits per heavy atom. The van der Waals surface area contributed by atoms with E-state index in [9.17, 15) is 0 Å². The van der Waals surface area contributed by atoms with E-state index in [0.717, 1.165) is 16.8 Å². The molecule has 0 unspecified atom stereocenters. The van der Waals surface area contributed by atoms with Crippen LogP contribution in [0.2, 0.25) is 0 Å². The van der Waals surface area contributed by atoms with Gasteiger partial charge in [0.25, 0.3) is 0 Å². The lowest BCUT2D eigenvalue weighted by Gasteiger charge is -2.02. The van der Waals surface area contributed by atoms with Gasteiger partial charge in [0.15, 0.2) is 0 Å². The fourth-order valence-electron chi connectivity index (χ4n) is 1.43. The molecule has 14 heavy (non-hydrogen) atoms. The molecule has 0 aliphatic rings. The molecule has 0 bridgehead atoms. The fourth-order valence-corrected chi connectivity index (χ4v) is 1.43. The van der Waals surface area contributed by atoms with Crippen LogP contribution >= 0.6 is 0 Å². The van der Waals surface area contributed by atoms with E-state index in [1.807, 2.05) is 31.2 Å². The number of aliphatic hydroxyl groups is 1. The van der Waals surface area contributed by atoms with Crippen LogP contribution in [0.3, 0.4) is 0 Å². The Morgan fingerprint density at radius 3 is 2.86 bits per heavy atom. The number of benzene rings is 1. The molecule has 1 aromatic carbocycles. The number of H-pyrrole nitrogens is 1. The summed E-state index contributed by atoms with van der Waals surface area (Å²) in [5.41, 5.74) is 3.54. The summed E-state index contributed by atoms with van der Waals surface area (Å²) in [5.74, 6) is 0. The van der Waals surface area contributed by atoms with E-state index in [-0.39, 0.29) is 6.61 Å². The number of hydrogen-bond acceptors (Lipinski definition) is 3. The van der Waals surface area contributed by atoms with Crippen LogP contribution in [0, 0.1) is 6.92 Å². The highest BCUT2D eigenvalue weighted by Crippen LogP contribution is 2.22. The standard InChI is InChI=1S/C10H11N3O/c1-7-4-2-3-5-8(7)10-9(6-14)11-13-12-10/h2-5,14H,6H2,1H3,(H,11,12,13). The molecule has 0 radical (unpaired) electrons. The Labute approximate surface area is 81.6 Å². The van der Waals surface area contributed by atoms with Gasteiger partial charge in [0.2, 0.25) is 0 Å². The van der Waals surface area contributed by atoms with Crippen molar-refractivity contribution >= 4 is 0 Å². The molecule has 1 aromatic heterocycles. The summed E-state index contributed by atoms with van der Waals surface area (Å²) in [6.07, 6.45) is 0. The Balaban J connectivity index is 2.54. The van der Waals surface area contributed by atoms with Gasteiger partial charge in [0, 0.05) is 5.56 Å². The number of rotatable bonds is 2. The second-order valence-corrected chi connectivity index (χ2v) is 3.11. The van der Waals surface area contributed by atoms with Crippen LogP contribution in [-0.2, 0) is 6.61 Å². The highest BCUT2D eigenvalue weighted by atomic mass is 16.3. The summed E-state index contributed by atoms with van der Waals surface area (Å²) in [7, 11) is 0. The zero-order valence-corrected chi connectivity index (χ0v) is 7.86. The van der Waals surface area contributed by atoms with Crippen molar-refractivity contribution in [2.45, 2.75) is 13.5 Å². The Kier molecular flexibility index (Phi) is 2.28. The smallest absolute Gasteiger partial charge is 0.116 e. The molecule has 0 saturated carbocycles. The van der Waals surface area contributed by atoms with Crippen LogP contribution in [0.25, 0.3) is 11.3 Å². The van der Waals surface area contributed by atoms with Crippen LogP contribution < -0.4 is 0 Å². The lowest BCUT2D eigenvalue weighted by atomic mass is 10.0. The van der Waals surface area contributed by atoms with E-state index >= 15 is 0 Å². The van der Waals surface area contributed by atoms with Gasteiger partial charge in [-0.1, -0.05) is 29.5 Å². The number of hydrogen-bond donors (Lipinski definition) is 2. The SMILES string of the molecule is Cc1ccccc1-c1[nH]nnc1CO. The quantitative estimate of drug-likeness (QED) is 0.747. The van der Waals surface area contributed by atoms with Gasteiger partial charge in [-0.05, 0) is 12.5 Å². The van der Waals surface area contributed by atoms with Crippen molar-refractivity contribution in [3.05, 3.63) is 35.5 Å². The summed E-state index contributed by atoms with van der Waals surface area (Å²) < 4.78 is 0. The maximum atomic E-state index is 9.04. The van der Waals surface area contributed by atoms with E-state index in [1.165, 1.54) is 0 Å². The highest BCUT2D eigenvalue weighted by molar-refractivity contribution is 5.64. The molecule has 2 N–H and O–H groups in total. The second-order valence-electron chi connectivity index (χ2n) is 3.11. The van der Waals surface area contributed by atoms with Crippen LogP contribution in [-0.4, -0.2) is 20.5 Å². The first kappa shape index (κ1) is 8.90. The molecule has 0 spiro atoms. The van der Waals surface area contributed by atoms with Crippen molar-refractivity contribution in [3.8, 4) is 11.3 Å². The predicted molar refractivity (Wildman–Crippen MR) is 52.5 cm³/mol. The van der Waals surface area contributed by atoms with Crippen molar-refractivity contribution < 1.29 is 5.11 Å². The molecule has 4 nitrogen and oxygen atoms in total. The number of aryl methyl sites for hydroxylation is 1. The molecule has 2 rings (SSSR count). The molecule has 0 aliphatic heterocycles. The van der Waals surface area contributed by atoms with Crippen LogP contribution in [0.4, 0.5) is 0 Å². The van der Waals surface area contributed by atoms with Gasteiger partial charge in [0.05, 0.1) is 12.3 Å². The molecule has 0 fully saturated rings. The van der Waals surface area contributed by atoms with Crippen LogP contribution in [0.15, 0.2) is 24.3 Å². The Hall–Kier alpha value is -1.68. The summed E-state index contributed by atoms with van der Waals surface area (Å²) in [5, 5.41) is 19.3. The second kappa shape index (κ2) is 3.59. The largest absolute Gasteiger partial charge is 0.390 e. The topological polar surface area (TPSA) is 61.8 Å². The van der Waals surface area contributed by atoms with Crippen molar-refractivity contribution in [1.29, 1.82) is 0 Å². The molecule has 2 aromatic rings. The summed E-state index contributed by atoms with van der Waals surface area (Å²) >= 11 is 0. The number of nitrogens with one attached hydrogen (secondary N) is 1. The number of aromatic amines is 1. The average molecular weight is 189 g/mol. The molecular formula is C10H11N3O. The normalized spacial score (nSPS) is 10.4. The lowest BCUT2D eigenvalue weighted by molar-refractivity contribution is 0.277. The summed E-state index contributed by atoms with van der Waals surface area (Å²) in [6, 6.07) is 7.91. The Bertz CT molecular complexity index is 436. The molecule has 0 amide bonds. The third-order valence-corrected chi connectivity index (χ3v) is 2.19. The van der Waals surface area contributed by atoms with Gasteiger partial charge < -0.3 is 5.11 Å². The minimum Gasteiger partial charge on any atom is -0.390 e. The van der Waals surface area contributed by atoms with E-state index in [2.05, 4.69) is 15.4 Å². The third-order valence-electron chi connectivity index (χ3n) is 2.19. The van der Waals surface area contributed by atoms with E-state index in [1.54, 1.807) is 0 Å². The number of aromatic nitrogens is 3. The number of aliphatic hydroxyl groups excluding tert-OH is 1. The first-order chi connectivity index (χ1) is 6.83. The minimum absolute atomic E-state index is 0.0971. The average Bonchev–Trinajstić information content (AvgIpc) is 2.66. The van der Waals surface area contributed by atoms with Gasteiger partial charge in [-0.3, -0.25) is 5.10 Å². The van der Waals surface area contributed by atoms with E-state index < -0.39 is 0 Å². The molecule has 0 aliphatic carbocycles. The van der Waals surface area contributed by atoms with Gasteiger partial charge in [-0.2, -0.15) is 0 Å². The lowest BCUT2D eigenvalue weighted by Crippen LogP contribution is -1.89.